The van der Waals surface area contributed by atoms with Gasteiger partial charge in [-0.25, -0.2) is 4.39 Å². The first-order chi connectivity index (χ1) is 11.5. The number of benzene rings is 1. The van der Waals surface area contributed by atoms with Crippen LogP contribution in [0.4, 0.5) is 4.39 Å². The van der Waals surface area contributed by atoms with Gasteiger partial charge in [0.25, 0.3) is 0 Å². The second kappa shape index (κ2) is 13.8. The third-order valence-electron chi connectivity index (χ3n) is 3.09. The molecule has 0 bridgehead atoms. The number of hydrogen-bond acceptors (Lipinski definition) is 4. The molecule has 0 heterocycles. The number of carboxylic acids is 1. The van der Waals surface area contributed by atoms with E-state index in [1.165, 1.54) is 18.2 Å². The van der Waals surface area contributed by atoms with Gasteiger partial charge in [-0.2, -0.15) is 0 Å². The van der Waals surface area contributed by atoms with Crippen molar-refractivity contribution in [3.8, 4) is 11.8 Å². The van der Waals surface area contributed by atoms with Crippen LogP contribution in [0.15, 0.2) is 48.6 Å². The van der Waals surface area contributed by atoms with E-state index in [9.17, 15) is 24.5 Å². The smallest absolute Gasteiger partial charge is 0.550 e. The molecule has 128 valence electrons. The standard InChI is InChI=1S/C19H21FO4.Na/c20-16-12-10-15(11-13-16)14-18(22)7-4-2-1-3-6-17(21)8-5-9-19(23)24;/h1-2,4,7,10-13,17-18,21-22H,5,8-9,14H2,(H,23,24);/q;+1/p-1/b2-1+,7-4+;/t17-,18-;/m0./s1. The van der Waals surface area contributed by atoms with E-state index >= 15 is 0 Å². The molecule has 25 heavy (non-hydrogen) atoms. The van der Waals surface area contributed by atoms with Crippen LogP contribution in [0.2, 0.25) is 0 Å². The van der Waals surface area contributed by atoms with Gasteiger partial charge in [-0.05, 0) is 43.0 Å². The molecule has 0 radical (unpaired) electrons. The van der Waals surface area contributed by atoms with Crippen LogP contribution < -0.4 is 34.7 Å². The molecule has 0 unspecified atom stereocenters. The Morgan fingerprint density at radius 3 is 2.56 bits per heavy atom. The van der Waals surface area contributed by atoms with Crippen molar-refractivity contribution in [2.45, 2.75) is 37.9 Å². The van der Waals surface area contributed by atoms with Gasteiger partial charge in [-0.15, -0.1) is 0 Å². The summed E-state index contributed by atoms with van der Waals surface area (Å²) >= 11 is 0. The molecule has 0 spiro atoms. The van der Waals surface area contributed by atoms with E-state index in [0.717, 1.165) is 5.56 Å². The molecular formula is C19H20FNaO4. The minimum atomic E-state index is -1.14. The summed E-state index contributed by atoms with van der Waals surface area (Å²) in [5.74, 6) is 3.75. The number of aliphatic carboxylic acids is 1. The first-order valence-corrected chi connectivity index (χ1v) is 7.62. The maximum atomic E-state index is 12.8. The monoisotopic (exact) mass is 354 g/mol. The molecule has 2 N–H and O–H groups in total. The van der Waals surface area contributed by atoms with E-state index < -0.39 is 18.2 Å². The number of carbonyl (C=O) groups excluding carboxylic acids is 1. The molecule has 0 saturated heterocycles. The molecule has 0 aliphatic heterocycles. The van der Waals surface area contributed by atoms with Crippen LogP contribution in [0.5, 0.6) is 0 Å². The Morgan fingerprint density at radius 2 is 1.92 bits per heavy atom. The van der Waals surface area contributed by atoms with Gasteiger partial charge >= 0.3 is 29.6 Å². The maximum absolute atomic E-state index is 12.8. The molecule has 0 aliphatic rings. The molecule has 1 rings (SSSR count). The zero-order chi connectivity index (χ0) is 17.8. The Kier molecular flexibility index (Phi) is 13.0. The predicted molar refractivity (Wildman–Crippen MR) is 87.0 cm³/mol. The Labute approximate surface area is 169 Å². The Balaban J connectivity index is 0.00000576. The Hall–Kier alpha value is -1.42. The van der Waals surface area contributed by atoms with Crippen LogP contribution in [0.3, 0.4) is 0 Å². The zero-order valence-electron chi connectivity index (χ0n) is 14.2. The Bertz CT molecular complexity index is 629. The van der Waals surface area contributed by atoms with Crippen LogP contribution in [0.25, 0.3) is 0 Å². The summed E-state index contributed by atoms with van der Waals surface area (Å²) in [6.07, 6.45) is 5.67. The second-order valence-electron chi connectivity index (χ2n) is 5.21. The molecule has 6 heteroatoms. The van der Waals surface area contributed by atoms with Crippen LogP contribution in [-0.4, -0.2) is 28.4 Å². The second-order valence-corrected chi connectivity index (χ2v) is 5.21. The average molecular weight is 354 g/mol. The van der Waals surface area contributed by atoms with Crippen molar-refractivity contribution in [1.29, 1.82) is 0 Å². The van der Waals surface area contributed by atoms with Crippen molar-refractivity contribution in [1.82, 2.24) is 0 Å². The van der Waals surface area contributed by atoms with Crippen LogP contribution in [0.1, 0.15) is 24.8 Å². The summed E-state index contributed by atoms with van der Waals surface area (Å²) in [6, 6.07) is 5.93. The fourth-order valence-corrected chi connectivity index (χ4v) is 1.88. The van der Waals surface area contributed by atoms with Crippen LogP contribution in [-0.2, 0) is 11.2 Å². The van der Waals surface area contributed by atoms with Crippen molar-refractivity contribution in [2.75, 3.05) is 0 Å². The molecule has 0 amide bonds. The van der Waals surface area contributed by atoms with E-state index in [1.54, 1.807) is 30.4 Å². The molecule has 1 aromatic rings. The predicted octanol–water partition coefficient (Wildman–Crippen LogP) is -1.87. The fraction of sp³-hybridized carbons (Fsp3) is 0.316. The number of carboxylic acid groups (broad SMARTS) is 1. The minimum absolute atomic E-state index is 0. The number of rotatable bonds is 8. The summed E-state index contributed by atoms with van der Waals surface area (Å²) < 4.78 is 12.8. The number of halogens is 1. The van der Waals surface area contributed by atoms with Gasteiger partial charge in [0.05, 0.1) is 6.10 Å². The van der Waals surface area contributed by atoms with Crippen LogP contribution in [0, 0.1) is 17.7 Å². The third-order valence-corrected chi connectivity index (χ3v) is 3.09. The number of aliphatic hydroxyl groups excluding tert-OH is 2. The van der Waals surface area contributed by atoms with E-state index in [1.807, 2.05) is 0 Å². The molecule has 2 atom stereocenters. The molecule has 0 aromatic heterocycles. The number of aliphatic hydroxyl groups is 2. The van der Waals surface area contributed by atoms with E-state index in [2.05, 4.69) is 11.8 Å². The first kappa shape index (κ1) is 23.6. The quantitative estimate of drug-likeness (QED) is 0.326. The minimum Gasteiger partial charge on any atom is -0.550 e. The third kappa shape index (κ3) is 12.6. The number of hydrogen-bond donors (Lipinski definition) is 2. The van der Waals surface area contributed by atoms with Crippen LogP contribution >= 0.6 is 0 Å². The first-order valence-electron chi connectivity index (χ1n) is 7.62. The van der Waals surface area contributed by atoms with E-state index in [-0.39, 0.29) is 48.2 Å². The molecule has 0 saturated carbocycles. The van der Waals surface area contributed by atoms with Crippen molar-refractivity contribution in [2.24, 2.45) is 0 Å². The van der Waals surface area contributed by atoms with Gasteiger partial charge in [0, 0.05) is 12.4 Å². The van der Waals surface area contributed by atoms with Gasteiger partial charge in [-0.1, -0.05) is 42.2 Å². The summed E-state index contributed by atoms with van der Waals surface area (Å²) in [7, 11) is 0. The zero-order valence-corrected chi connectivity index (χ0v) is 16.2. The van der Waals surface area contributed by atoms with Crippen molar-refractivity contribution < 1.29 is 54.1 Å². The van der Waals surface area contributed by atoms with Gasteiger partial charge in [0.15, 0.2) is 0 Å². The summed E-state index contributed by atoms with van der Waals surface area (Å²) in [5, 5.41) is 29.5. The molecule has 0 fully saturated rings. The molecule has 1 aromatic carbocycles. The molecule has 0 aliphatic carbocycles. The molecular weight excluding hydrogens is 334 g/mol. The van der Waals surface area contributed by atoms with Gasteiger partial charge in [-0.3, -0.25) is 0 Å². The average Bonchev–Trinajstić information content (AvgIpc) is 2.52. The fourth-order valence-electron chi connectivity index (χ4n) is 1.88. The van der Waals surface area contributed by atoms with Crippen molar-refractivity contribution in [3.63, 3.8) is 0 Å². The van der Waals surface area contributed by atoms with E-state index in [4.69, 9.17) is 0 Å². The summed E-state index contributed by atoms with van der Waals surface area (Å²) in [4.78, 5) is 10.2. The normalized spacial score (nSPS) is 13.1. The van der Waals surface area contributed by atoms with Gasteiger partial charge < -0.3 is 20.1 Å². The number of carbonyl (C=O) groups is 1. The topological polar surface area (TPSA) is 80.6 Å². The Morgan fingerprint density at radius 1 is 1.24 bits per heavy atom. The molecule has 4 nitrogen and oxygen atoms in total. The summed E-state index contributed by atoms with van der Waals surface area (Å²) in [5.41, 5.74) is 0.831. The summed E-state index contributed by atoms with van der Waals surface area (Å²) in [6.45, 7) is 0. The van der Waals surface area contributed by atoms with E-state index in [0.29, 0.717) is 12.8 Å². The largest absolute Gasteiger partial charge is 1.00 e. The SMILES string of the molecule is O=C([O-])CCC[C@@H](O)C#C/C=C/C=C/[C@H](O)Cc1ccc(F)cc1.[Na+]. The van der Waals surface area contributed by atoms with Gasteiger partial charge in [0.1, 0.15) is 11.9 Å². The number of allylic oxidation sites excluding steroid dienone is 3. The van der Waals surface area contributed by atoms with Crippen molar-refractivity contribution in [3.05, 3.63) is 60.0 Å². The maximum Gasteiger partial charge on any atom is 1.00 e. The van der Waals surface area contributed by atoms with Crippen molar-refractivity contribution >= 4 is 5.97 Å². The van der Waals surface area contributed by atoms with Gasteiger partial charge in [0.2, 0.25) is 0 Å².